The molecule has 0 spiro atoms. The van der Waals surface area contributed by atoms with Gasteiger partial charge in [-0.2, -0.15) is 5.10 Å². The van der Waals surface area contributed by atoms with Gasteiger partial charge in [0.1, 0.15) is 12.4 Å². The maximum absolute atomic E-state index is 6.06. The minimum Gasteiger partial charge on any atom is -0.492 e. The van der Waals surface area contributed by atoms with Crippen molar-refractivity contribution in [2.45, 2.75) is 31.7 Å². The molecule has 3 aromatic rings. The fraction of sp³-hybridized carbons (Fsp3) is 0.423. The van der Waals surface area contributed by atoms with Gasteiger partial charge in [0.2, 0.25) is 0 Å². The molecule has 1 aliphatic heterocycles. The van der Waals surface area contributed by atoms with Gasteiger partial charge >= 0.3 is 0 Å². The van der Waals surface area contributed by atoms with Crippen molar-refractivity contribution in [2.24, 2.45) is 7.05 Å². The van der Waals surface area contributed by atoms with E-state index in [-0.39, 0.29) is 0 Å². The van der Waals surface area contributed by atoms with E-state index < -0.39 is 0 Å². The first kappa shape index (κ1) is 21.6. The summed E-state index contributed by atoms with van der Waals surface area (Å²) in [6, 6.07) is 19.6. The highest BCUT2D eigenvalue weighted by Crippen LogP contribution is 2.27. The number of nitrogens with one attached hydrogen (secondary N) is 1. The van der Waals surface area contributed by atoms with Crippen LogP contribution in [0.15, 0.2) is 67.0 Å². The molecule has 0 saturated carbocycles. The Bertz CT molecular complexity index is 918. The Kier molecular flexibility index (Phi) is 7.75. The Hall–Kier alpha value is -2.63. The molecule has 1 fully saturated rings. The number of ether oxygens (including phenoxy) is 1. The molecular formula is C26H34N4O. The Labute approximate surface area is 186 Å². The largest absolute Gasteiger partial charge is 0.492 e. The van der Waals surface area contributed by atoms with E-state index >= 15 is 0 Å². The lowest BCUT2D eigenvalue weighted by Crippen LogP contribution is -2.26. The zero-order chi connectivity index (χ0) is 21.3. The summed E-state index contributed by atoms with van der Waals surface area (Å²) in [7, 11) is 1.94. The van der Waals surface area contributed by atoms with Crippen molar-refractivity contribution in [3.05, 3.63) is 83.7 Å². The van der Waals surface area contributed by atoms with E-state index in [0.29, 0.717) is 12.5 Å². The van der Waals surface area contributed by atoms with Crippen LogP contribution in [0.25, 0.3) is 0 Å². The molecule has 31 heavy (non-hydrogen) atoms. The Morgan fingerprint density at radius 3 is 2.65 bits per heavy atom. The van der Waals surface area contributed by atoms with E-state index in [1.54, 1.807) is 0 Å². The third-order valence-electron chi connectivity index (χ3n) is 5.97. The van der Waals surface area contributed by atoms with Crippen LogP contribution in [0, 0.1) is 0 Å². The molecule has 1 saturated heterocycles. The number of nitrogens with zero attached hydrogens (tertiary/aromatic N) is 3. The summed E-state index contributed by atoms with van der Waals surface area (Å²) in [5.74, 6) is 1.44. The smallest absolute Gasteiger partial charge is 0.119 e. The molecule has 2 heterocycles. The standard InChI is InChI=1S/C26H34N4O/c1-29-20-23(19-28-29)18-27-12-15-31-26-11-7-10-24(17-26)25(21-30-13-5-6-14-30)16-22-8-3-2-4-9-22/h2-4,7-11,17,19-20,25,27H,5-6,12-16,18,21H2,1H3. The SMILES string of the molecule is Cn1cc(CNCCOc2cccc(C(Cc3ccccc3)CN3CCCC3)c2)cn1. The summed E-state index contributed by atoms with van der Waals surface area (Å²) in [6.45, 7) is 5.84. The summed E-state index contributed by atoms with van der Waals surface area (Å²) in [5, 5.41) is 7.62. The number of rotatable bonds is 11. The fourth-order valence-corrected chi connectivity index (χ4v) is 4.36. The van der Waals surface area contributed by atoms with Crippen LogP contribution in [-0.2, 0) is 20.0 Å². The van der Waals surface area contributed by atoms with Gasteiger partial charge < -0.3 is 15.0 Å². The summed E-state index contributed by atoms with van der Waals surface area (Å²) in [6.07, 6.45) is 7.64. The molecule has 1 aromatic heterocycles. The third-order valence-corrected chi connectivity index (χ3v) is 5.97. The first-order valence-corrected chi connectivity index (χ1v) is 11.4. The highest BCUT2D eigenvalue weighted by atomic mass is 16.5. The molecular weight excluding hydrogens is 384 g/mol. The monoisotopic (exact) mass is 418 g/mol. The normalized spacial score (nSPS) is 15.3. The van der Waals surface area contributed by atoms with Crippen molar-refractivity contribution >= 4 is 0 Å². The molecule has 1 atom stereocenters. The second kappa shape index (κ2) is 11.1. The Balaban J connectivity index is 1.33. The summed E-state index contributed by atoms with van der Waals surface area (Å²) in [5.41, 5.74) is 3.96. The predicted molar refractivity (Wildman–Crippen MR) is 125 cm³/mol. The molecule has 164 valence electrons. The van der Waals surface area contributed by atoms with E-state index in [0.717, 1.165) is 31.8 Å². The zero-order valence-electron chi connectivity index (χ0n) is 18.5. The molecule has 0 aliphatic carbocycles. The zero-order valence-corrected chi connectivity index (χ0v) is 18.5. The maximum atomic E-state index is 6.06. The van der Waals surface area contributed by atoms with Crippen LogP contribution in [0.2, 0.25) is 0 Å². The van der Waals surface area contributed by atoms with Crippen molar-refractivity contribution in [3.63, 3.8) is 0 Å². The van der Waals surface area contributed by atoms with Crippen molar-refractivity contribution in [1.82, 2.24) is 20.0 Å². The molecule has 1 N–H and O–H groups in total. The van der Waals surface area contributed by atoms with E-state index in [1.165, 1.54) is 42.6 Å². The Morgan fingerprint density at radius 2 is 1.87 bits per heavy atom. The van der Waals surface area contributed by atoms with E-state index in [4.69, 9.17) is 4.74 Å². The van der Waals surface area contributed by atoms with Crippen LogP contribution < -0.4 is 10.1 Å². The lowest BCUT2D eigenvalue weighted by molar-refractivity contribution is 0.306. The van der Waals surface area contributed by atoms with Gasteiger partial charge in [-0.1, -0.05) is 42.5 Å². The first-order chi connectivity index (χ1) is 15.3. The maximum Gasteiger partial charge on any atom is 0.119 e. The van der Waals surface area contributed by atoms with Crippen molar-refractivity contribution in [1.29, 1.82) is 0 Å². The van der Waals surface area contributed by atoms with E-state index in [9.17, 15) is 0 Å². The van der Waals surface area contributed by atoms with Gasteiger partial charge in [-0.3, -0.25) is 4.68 Å². The number of benzene rings is 2. The second-order valence-corrected chi connectivity index (χ2v) is 8.51. The van der Waals surface area contributed by atoms with Gasteiger partial charge in [-0.15, -0.1) is 0 Å². The number of hydrogen-bond acceptors (Lipinski definition) is 4. The Morgan fingerprint density at radius 1 is 1.03 bits per heavy atom. The van der Waals surface area contributed by atoms with Crippen molar-refractivity contribution < 1.29 is 4.74 Å². The molecule has 1 unspecified atom stereocenters. The van der Waals surface area contributed by atoms with E-state index in [2.05, 4.69) is 69.9 Å². The first-order valence-electron chi connectivity index (χ1n) is 11.4. The number of aromatic nitrogens is 2. The molecule has 4 rings (SSSR count). The molecule has 0 amide bonds. The van der Waals surface area contributed by atoms with Gasteiger partial charge in [0.25, 0.3) is 0 Å². The number of aryl methyl sites for hydroxylation is 1. The van der Waals surface area contributed by atoms with Crippen LogP contribution in [0.3, 0.4) is 0 Å². The summed E-state index contributed by atoms with van der Waals surface area (Å²) < 4.78 is 7.89. The average Bonchev–Trinajstić information content (AvgIpc) is 3.46. The predicted octanol–water partition coefficient (Wildman–Crippen LogP) is 4.01. The topological polar surface area (TPSA) is 42.3 Å². The van der Waals surface area contributed by atoms with Crippen LogP contribution in [-0.4, -0.2) is 47.5 Å². The molecule has 5 nitrogen and oxygen atoms in total. The van der Waals surface area contributed by atoms with Crippen LogP contribution >= 0.6 is 0 Å². The second-order valence-electron chi connectivity index (χ2n) is 8.51. The molecule has 0 bridgehead atoms. The number of likely N-dealkylation sites (tertiary alicyclic amines) is 1. The summed E-state index contributed by atoms with van der Waals surface area (Å²) >= 11 is 0. The highest BCUT2D eigenvalue weighted by Gasteiger charge is 2.20. The van der Waals surface area contributed by atoms with Crippen molar-refractivity contribution in [2.75, 3.05) is 32.8 Å². The highest BCUT2D eigenvalue weighted by molar-refractivity contribution is 5.32. The minimum atomic E-state index is 0.479. The third kappa shape index (κ3) is 6.68. The van der Waals surface area contributed by atoms with Gasteiger partial charge in [0.15, 0.2) is 0 Å². The van der Waals surface area contributed by atoms with Crippen LogP contribution in [0.4, 0.5) is 0 Å². The number of hydrogen-bond donors (Lipinski definition) is 1. The molecule has 2 aromatic carbocycles. The average molecular weight is 419 g/mol. The van der Waals surface area contributed by atoms with Crippen LogP contribution in [0.5, 0.6) is 5.75 Å². The van der Waals surface area contributed by atoms with Gasteiger partial charge in [-0.25, -0.2) is 0 Å². The van der Waals surface area contributed by atoms with Gasteiger partial charge in [-0.05, 0) is 55.6 Å². The summed E-state index contributed by atoms with van der Waals surface area (Å²) in [4.78, 5) is 2.61. The van der Waals surface area contributed by atoms with Crippen LogP contribution in [0.1, 0.15) is 35.4 Å². The quantitative estimate of drug-likeness (QED) is 0.478. The lowest BCUT2D eigenvalue weighted by Gasteiger charge is -2.24. The fourth-order valence-electron chi connectivity index (χ4n) is 4.36. The van der Waals surface area contributed by atoms with Crippen molar-refractivity contribution in [3.8, 4) is 5.75 Å². The minimum absolute atomic E-state index is 0.479. The van der Waals surface area contributed by atoms with Gasteiger partial charge in [0.05, 0.1) is 6.20 Å². The molecule has 5 heteroatoms. The lowest BCUT2D eigenvalue weighted by atomic mass is 9.91. The van der Waals surface area contributed by atoms with Gasteiger partial charge in [0, 0.05) is 44.4 Å². The van der Waals surface area contributed by atoms with E-state index in [1.807, 2.05) is 24.1 Å². The molecule has 0 radical (unpaired) electrons. The molecule has 1 aliphatic rings.